The number of nitrogens with zero attached hydrogens (tertiary/aromatic N) is 1. The summed E-state index contributed by atoms with van der Waals surface area (Å²) in [6.07, 6.45) is -2.72. The molecule has 1 atom stereocenters. The van der Waals surface area contributed by atoms with Crippen LogP contribution in [-0.4, -0.2) is 16.8 Å². The van der Waals surface area contributed by atoms with Crippen molar-refractivity contribution >= 4 is 5.78 Å². The maximum absolute atomic E-state index is 12.7. The highest BCUT2D eigenvalue weighted by Gasteiger charge is 2.35. The summed E-state index contributed by atoms with van der Waals surface area (Å²) in [5, 5.41) is 0. The second-order valence-electron chi connectivity index (χ2n) is 4.45. The molecule has 1 heterocycles. The molecule has 0 spiro atoms. The van der Waals surface area contributed by atoms with E-state index in [1.165, 1.54) is 0 Å². The molecule has 0 saturated carbocycles. The third kappa shape index (κ3) is 3.53. The first-order valence-electron chi connectivity index (χ1n) is 5.53. The molecule has 0 amide bonds. The van der Waals surface area contributed by atoms with Crippen molar-refractivity contribution in [1.29, 1.82) is 0 Å². The van der Waals surface area contributed by atoms with E-state index < -0.39 is 29.1 Å². The number of rotatable bonds is 4. The maximum Gasteiger partial charge on any atom is 0.417 e. The minimum absolute atomic E-state index is 0.0277. The number of alkyl halides is 3. The second kappa shape index (κ2) is 5.48. The molecule has 2 N–H and O–H groups in total. The summed E-state index contributed by atoms with van der Waals surface area (Å²) in [5.74, 6) is -0.600. The summed E-state index contributed by atoms with van der Waals surface area (Å²) in [4.78, 5) is 15.4. The normalized spacial score (nSPS) is 13.7. The third-order valence-electron chi connectivity index (χ3n) is 2.70. The van der Waals surface area contributed by atoms with Crippen LogP contribution in [0.25, 0.3) is 0 Å². The van der Waals surface area contributed by atoms with Crippen LogP contribution in [0.3, 0.4) is 0 Å². The molecule has 0 radical (unpaired) electrons. The van der Waals surface area contributed by atoms with E-state index in [0.717, 1.165) is 18.5 Å². The number of nitrogens with two attached hydrogens (primary N) is 1. The lowest BCUT2D eigenvalue weighted by Crippen LogP contribution is -2.30. The monoisotopic (exact) mass is 260 g/mol. The Morgan fingerprint density at radius 1 is 1.44 bits per heavy atom. The molecular weight excluding hydrogens is 245 g/mol. The van der Waals surface area contributed by atoms with Gasteiger partial charge >= 0.3 is 6.18 Å². The number of carbonyl (C=O) groups is 1. The quantitative estimate of drug-likeness (QED) is 0.847. The van der Waals surface area contributed by atoms with Crippen molar-refractivity contribution in [1.82, 2.24) is 4.98 Å². The van der Waals surface area contributed by atoms with Gasteiger partial charge in [0.1, 0.15) is 0 Å². The highest BCUT2D eigenvalue weighted by Crippen LogP contribution is 2.32. The molecule has 0 fully saturated rings. The molecule has 0 bridgehead atoms. The van der Waals surface area contributed by atoms with Gasteiger partial charge in [-0.3, -0.25) is 9.78 Å². The zero-order valence-corrected chi connectivity index (χ0v) is 10.2. The Hall–Kier alpha value is -1.43. The molecule has 0 aliphatic carbocycles. The smallest absolute Gasteiger partial charge is 0.327 e. The van der Waals surface area contributed by atoms with Crippen molar-refractivity contribution in [2.75, 3.05) is 0 Å². The van der Waals surface area contributed by atoms with Crippen LogP contribution in [0.5, 0.6) is 0 Å². The summed E-state index contributed by atoms with van der Waals surface area (Å²) >= 11 is 0. The average molecular weight is 260 g/mol. The number of aromatic nitrogens is 1. The zero-order valence-electron chi connectivity index (χ0n) is 10.2. The molecule has 0 saturated heterocycles. The lowest BCUT2D eigenvalue weighted by atomic mass is 9.95. The van der Waals surface area contributed by atoms with Crippen molar-refractivity contribution in [2.45, 2.75) is 32.5 Å². The highest BCUT2D eigenvalue weighted by molar-refractivity contribution is 5.97. The van der Waals surface area contributed by atoms with Crippen LogP contribution in [0.15, 0.2) is 18.5 Å². The van der Waals surface area contributed by atoms with Crippen LogP contribution in [0.1, 0.15) is 36.2 Å². The fourth-order valence-corrected chi connectivity index (χ4v) is 1.42. The Kier molecular flexibility index (Phi) is 4.45. The predicted molar refractivity (Wildman–Crippen MR) is 61.0 cm³/mol. The van der Waals surface area contributed by atoms with Crippen molar-refractivity contribution in [3.05, 3.63) is 29.6 Å². The molecule has 100 valence electrons. The molecule has 1 aromatic heterocycles. The van der Waals surface area contributed by atoms with Gasteiger partial charge in [0.2, 0.25) is 0 Å². The van der Waals surface area contributed by atoms with E-state index in [1.54, 1.807) is 0 Å². The summed E-state index contributed by atoms with van der Waals surface area (Å²) < 4.78 is 38.1. The fourth-order valence-electron chi connectivity index (χ4n) is 1.42. The van der Waals surface area contributed by atoms with E-state index in [0.29, 0.717) is 0 Å². The average Bonchev–Trinajstić information content (AvgIpc) is 2.27. The van der Waals surface area contributed by atoms with Crippen molar-refractivity contribution in [2.24, 2.45) is 11.7 Å². The summed E-state index contributed by atoms with van der Waals surface area (Å²) in [5.41, 5.74) is 4.32. The Morgan fingerprint density at radius 3 is 2.56 bits per heavy atom. The van der Waals surface area contributed by atoms with E-state index >= 15 is 0 Å². The first kappa shape index (κ1) is 14.6. The predicted octanol–water partition coefficient (Wildman–Crippen LogP) is 2.66. The standard InChI is InChI=1S/C12H15F3N2O/c1-7(2)10(16)5-11(18)8-6-17-4-3-9(8)12(13,14)15/h3-4,6-7,10H,5,16H2,1-2H3. The van der Waals surface area contributed by atoms with Crippen LogP contribution >= 0.6 is 0 Å². The van der Waals surface area contributed by atoms with Crippen molar-refractivity contribution in [3.63, 3.8) is 0 Å². The van der Waals surface area contributed by atoms with Crippen molar-refractivity contribution in [3.8, 4) is 0 Å². The topological polar surface area (TPSA) is 56.0 Å². The number of Topliss-reactive ketones (excluding diaryl/α,β-unsaturated/α-hetero) is 1. The number of hydrogen-bond acceptors (Lipinski definition) is 3. The molecular formula is C12H15F3N2O. The van der Waals surface area contributed by atoms with Gasteiger partial charge in [-0.15, -0.1) is 0 Å². The lowest BCUT2D eigenvalue weighted by molar-refractivity contribution is -0.138. The first-order chi connectivity index (χ1) is 8.23. The van der Waals surface area contributed by atoms with Crippen LogP contribution in [0.2, 0.25) is 0 Å². The zero-order chi connectivity index (χ0) is 13.9. The van der Waals surface area contributed by atoms with Gasteiger partial charge < -0.3 is 5.73 Å². The summed E-state index contributed by atoms with van der Waals surface area (Å²) in [6.45, 7) is 3.62. The van der Waals surface area contributed by atoms with Crippen LogP contribution < -0.4 is 5.73 Å². The van der Waals surface area contributed by atoms with E-state index in [2.05, 4.69) is 4.98 Å². The largest absolute Gasteiger partial charge is 0.417 e. The summed E-state index contributed by atoms with van der Waals surface area (Å²) in [6, 6.07) is 0.340. The maximum atomic E-state index is 12.7. The second-order valence-corrected chi connectivity index (χ2v) is 4.45. The Balaban J connectivity index is 3.00. The van der Waals surface area contributed by atoms with Gasteiger partial charge in [-0.05, 0) is 12.0 Å². The molecule has 18 heavy (non-hydrogen) atoms. The highest BCUT2D eigenvalue weighted by atomic mass is 19.4. The molecule has 1 aromatic rings. The Bertz CT molecular complexity index is 430. The molecule has 3 nitrogen and oxygen atoms in total. The van der Waals surface area contributed by atoms with E-state index in [-0.39, 0.29) is 12.3 Å². The molecule has 0 aliphatic rings. The molecule has 1 unspecified atom stereocenters. The van der Waals surface area contributed by atoms with E-state index in [9.17, 15) is 18.0 Å². The van der Waals surface area contributed by atoms with Gasteiger partial charge in [0.25, 0.3) is 0 Å². The Labute approximate surface area is 103 Å². The minimum atomic E-state index is -4.56. The molecule has 0 aromatic carbocycles. The fraction of sp³-hybridized carbons (Fsp3) is 0.500. The number of pyridine rings is 1. The van der Waals surface area contributed by atoms with Gasteiger partial charge in [0.05, 0.1) is 5.56 Å². The van der Waals surface area contributed by atoms with Gasteiger partial charge in [-0.25, -0.2) is 0 Å². The SMILES string of the molecule is CC(C)C(N)CC(=O)c1cnccc1C(F)(F)F. The third-order valence-corrected chi connectivity index (χ3v) is 2.70. The van der Waals surface area contributed by atoms with E-state index in [4.69, 9.17) is 5.73 Å². The number of hydrogen-bond donors (Lipinski definition) is 1. The number of halogens is 3. The molecule has 0 aliphatic heterocycles. The number of carbonyl (C=O) groups excluding carboxylic acids is 1. The number of ketones is 1. The van der Waals surface area contributed by atoms with Gasteiger partial charge in [-0.2, -0.15) is 13.2 Å². The van der Waals surface area contributed by atoms with Crippen LogP contribution in [0, 0.1) is 5.92 Å². The minimum Gasteiger partial charge on any atom is -0.327 e. The van der Waals surface area contributed by atoms with Crippen LogP contribution in [-0.2, 0) is 6.18 Å². The summed E-state index contributed by atoms with van der Waals surface area (Å²) in [7, 11) is 0. The van der Waals surface area contributed by atoms with Gasteiger partial charge in [0.15, 0.2) is 5.78 Å². The Morgan fingerprint density at radius 2 is 2.06 bits per heavy atom. The van der Waals surface area contributed by atoms with Gasteiger partial charge in [0, 0.05) is 30.4 Å². The molecule has 1 rings (SSSR count). The molecule has 6 heteroatoms. The van der Waals surface area contributed by atoms with E-state index in [1.807, 2.05) is 13.8 Å². The van der Waals surface area contributed by atoms with Gasteiger partial charge in [-0.1, -0.05) is 13.8 Å². The lowest BCUT2D eigenvalue weighted by Gasteiger charge is -2.16. The first-order valence-corrected chi connectivity index (χ1v) is 5.53. The van der Waals surface area contributed by atoms with Crippen LogP contribution in [0.4, 0.5) is 13.2 Å². The van der Waals surface area contributed by atoms with Crippen molar-refractivity contribution < 1.29 is 18.0 Å².